The molecule has 5 heteroatoms. The molecule has 0 saturated carbocycles. The van der Waals surface area contributed by atoms with Crippen molar-refractivity contribution < 1.29 is 12.6 Å². The molecule has 0 spiro atoms. The summed E-state index contributed by atoms with van der Waals surface area (Å²) >= 11 is 0. The molecule has 1 heterocycles. The summed E-state index contributed by atoms with van der Waals surface area (Å²) in [7, 11) is -4.04. The van der Waals surface area contributed by atoms with Gasteiger partial charge in [-0.3, -0.25) is 4.98 Å². The van der Waals surface area contributed by atoms with Crippen LogP contribution in [0.2, 0.25) is 0 Å². The number of rotatable bonds is 6. The standard InChI is InChI=1S/C24H29NO3S/c1-15(2)19-13-20(16(3)4)24(21(14-19)17(5)6)29(26,27)28-22-11-7-9-18-10-8-12-25-23(18)22/h7-17H,1-6H3. The number of pyridine rings is 1. The maximum absolute atomic E-state index is 13.5. The van der Waals surface area contributed by atoms with Gasteiger partial charge in [0.25, 0.3) is 0 Å². The fourth-order valence-electron chi connectivity index (χ4n) is 3.48. The van der Waals surface area contributed by atoms with Crippen LogP contribution in [0, 0.1) is 0 Å². The molecule has 0 aliphatic heterocycles. The summed E-state index contributed by atoms with van der Waals surface area (Å²) in [4.78, 5) is 4.61. The predicted molar refractivity (Wildman–Crippen MR) is 118 cm³/mol. The summed E-state index contributed by atoms with van der Waals surface area (Å²) in [6.07, 6.45) is 1.64. The normalized spacial score (nSPS) is 12.3. The molecule has 0 aliphatic rings. The van der Waals surface area contributed by atoms with Crippen LogP contribution in [0.3, 0.4) is 0 Å². The zero-order chi connectivity index (χ0) is 21.3. The van der Waals surface area contributed by atoms with Gasteiger partial charge in [-0.05, 0) is 46.6 Å². The summed E-state index contributed by atoms with van der Waals surface area (Å²) in [5, 5.41) is 0.837. The number of aromatic nitrogens is 1. The first-order chi connectivity index (χ1) is 13.6. The Morgan fingerprint density at radius 3 is 1.97 bits per heavy atom. The van der Waals surface area contributed by atoms with Crippen LogP contribution in [0.4, 0.5) is 0 Å². The van der Waals surface area contributed by atoms with Gasteiger partial charge in [-0.1, -0.05) is 71.9 Å². The topological polar surface area (TPSA) is 56.3 Å². The largest absolute Gasteiger partial charge is 0.377 e. The molecule has 2 aromatic carbocycles. The third kappa shape index (κ3) is 4.30. The molecule has 1 aromatic heterocycles. The second-order valence-electron chi connectivity index (χ2n) is 8.36. The van der Waals surface area contributed by atoms with Crippen molar-refractivity contribution in [1.29, 1.82) is 0 Å². The Bertz CT molecular complexity index is 1100. The highest BCUT2D eigenvalue weighted by molar-refractivity contribution is 7.87. The molecule has 0 unspecified atom stereocenters. The molecule has 0 atom stereocenters. The van der Waals surface area contributed by atoms with Gasteiger partial charge in [-0.2, -0.15) is 8.42 Å². The van der Waals surface area contributed by atoms with Crippen molar-refractivity contribution in [3.63, 3.8) is 0 Å². The molecule has 0 aliphatic carbocycles. The molecule has 0 amide bonds. The predicted octanol–water partition coefficient (Wildman–Crippen LogP) is 6.37. The van der Waals surface area contributed by atoms with Crippen LogP contribution in [0.15, 0.2) is 53.6 Å². The van der Waals surface area contributed by atoms with E-state index in [0.29, 0.717) is 16.3 Å². The quantitative estimate of drug-likeness (QED) is 0.442. The lowest BCUT2D eigenvalue weighted by molar-refractivity contribution is 0.484. The van der Waals surface area contributed by atoms with Crippen molar-refractivity contribution >= 4 is 21.0 Å². The third-order valence-corrected chi connectivity index (χ3v) is 6.49. The van der Waals surface area contributed by atoms with Gasteiger partial charge in [-0.25, -0.2) is 0 Å². The van der Waals surface area contributed by atoms with E-state index in [1.807, 2.05) is 58.0 Å². The Hall–Kier alpha value is -2.40. The number of hydrogen-bond donors (Lipinski definition) is 0. The van der Waals surface area contributed by atoms with E-state index in [9.17, 15) is 8.42 Å². The average Bonchev–Trinajstić information content (AvgIpc) is 2.66. The molecule has 0 fully saturated rings. The summed E-state index contributed by atoms with van der Waals surface area (Å²) in [6.45, 7) is 12.3. The summed E-state index contributed by atoms with van der Waals surface area (Å²) in [5.41, 5.74) is 3.28. The van der Waals surface area contributed by atoms with Crippen LogP contribution >= 0.6 is 0 Å². The molecule has 0 saturated heterocycles. The molecule has 3 rings (SSSR count). The van der Waals surface area contributed by atoms with Gasteiger partial charge in [0.05, 0.1) is 0 Å². The number of fused-ring (bicyclic) bond motifs is 1. The molecular weight excluding hydrogens is 382 g/mol. The van der Waals surface area contributed by atoms with Crippen LogP contribution in [-0.4, -0.2) is 13.4 Å². The Morgan fingerprint density at radius 2 is 1.41 bits per heavy atom. The first-order valence-corrected chi connectivity index (χ1v) is 11.5. The van der Waals surface area contributed by atoms with Crippen molar-refractivity contribution in [1.82, 2.24) is 4.98 Å². The maximum Gasteiger partial charge on any atom is 0.339 e. The lowest BCUT2D eigenvalue weighted by Gasteiger charge is -2.22. The first-order valence-electron chi connectivity index (χ1n) is 10.1. The SMILES string of the molecule is CC(C)c1cc(C(C)C)c(S(=O)(=O)Oc2cccc3cccnc23)c(C(C)C)c1. The smallest absolute Gasteiger partial charge is 0.339 e. The van der Waals surface area contributed by atoms with Gasteiger partial charge in [0, 0.05) is 11.6 Å². The fourth-order valence-corrected chi connectivity index (χ4v) is 5.10. The minimum absolute atomic E-state index is 0.0465. The summed E-state index contributed by atoms with van der Waals surface area (Å²) in [5.74, 6) is 0.654. The monoisotopic (exact) mass is 411 g/mol. The zero-order valence-corrected chi connectivity index (χ0v) is 18.7. The van der Waals surface area contributed by atoms with Gasteiger partial charge in [-0.15, -0.1) is 0 Å². The van der Waals surface area contributed by atoms with E-state index in [2.05, 4.69) is 18.8 Å². The second kappa shape index (κ2) is 8.15. The Balaban J connectivity index is 2.22. The summed E-state index contributed by atoms with van der Waals surface area (Å²) < 4.78 is 32.7. The minimum atomic E-state index is -4.04. The van der Waals surface area contributed by atoms with E-state index >= 15 is 0 Å². The molecule has 0 radical (unpaired) electrons. The van der Waals surface area contributed by atoms with Gasteiger partial charge in [0.1, 0.15) is 10.4 Å². The van der Waals surface area contributed by atoms with E-state index in [0.717, 1.165) is 22.1 Å². The van der Waals surface area contributed by atoms with Crippen molar-refractivity contribution in [3.05, 3.63) is 65.4 Å². The molecule has 4 nitrogen and oxygen atoms in total. The van der Waals surface area contributed by atoms with Crippen LogP contribution in [-0.2, 0) is 10.1 Å². The van der Waals surface area contributed by atoms with Crippen molar-refractivity contribution in [3.8, 4) is 5.75 Å². The molecule has 3 aromatic rings. The Morgan fingerprint density at radius 1 is 0.828 bits per heavy atom. The van der Waals surface area contributed by atoms with Crippen LogP contribution in [0.1, 0.15) is 76.0 Å². The van der Waals surface area contributed by atoms with Gasteiger partial charge in [0.2, 0.25) is 0 Å². The van der Waals surface area contributed by atoms with E-state index in [4.69, 9.17) is 4.18 Å². The number of nitrogens with zero attached hydrogens (tertiary/aromatic N) is 1. The highest BCUT2D eigenvalue weighted by Gasteiger charge is 2.29. The lowest BCUT2D eigenvalue weighted by Crippen LogP contribution is -2.17. The van der Waals surface area contributed by atoms with E-state index in [1.165, 1.54) is 0 Å². The highest BCUT2D eigenvalue weighted by atomic mass is 32.2. The molecule has 154 valence electrons. The minimum Gasteiger partial charge on any atom is -0.377 e. The van der Waals surface area contributed by atoms with Crippen molar-refractivity contribution in [2.75, 3.05) is 0 Å². The molecule has 0 N–H and O–H groups in total. The van der Waals surface area contributed by atoms with Gasteiger partial charge >= 0.3 is 10.1 Å². The van der Waals surface area contributed by atoms with Crippen molar-refractivity contribution in [2.24, 2.45) is 0 Å². The maximum atomic E-state index is 13.5. The zero-order valence-electron chi connectivity index (χ0n) is 17.9. The number of para-hydroxylation sites is 1. The average molecular weight is 412 g/mol. The second-order valence-corrected chi connectivity index (χ2v) is 9.84. The van der Waals surface area contributed by atoms with Crippen molar-refractivity contribution in [2.45, 2.75) is 64.2 Å². The van der Waals surface area contributed by atoms with E-state index in [-0.39, 0.29) is 17.6 Å². The Labute approximate surface area is 174 Å². The Kier molecular flexibility index (Phi) is 5.99. The van der Waals surface area contributed by atoms with Gasteiger partial charge < -0.3 is 4.18 Å². The summed E-state index contributed by atoms with van der Waals surface area (Å²) in [6, 6.07) is 13.1. The molecule has 0 bridgehead atoms. The highest BCUT2D eigenvalue weighted by Crippen LogP contribution is 2.37. The molecular formula is C24H29NO3S. The van der Waals surface area contributed by atoms with Crippen LogP contribution in [0.25, 0.3) is 10.9 Å². The first kappa shape index (κ1) is 21.3. The lowest BCUT2D eigenvalue weighted by atomic mass is 9.89. The fraction of sp³-hybridized carbons (Fsp3) is 0.375. The molecule has 29 heavy (non-hydrogen) atoms. The number of benzene rings is 2. The van der Waals surface area contributed by atoms with E-state index in [1.54, 1.807) is 18.3 Å². The van der Waals surface area contributed by atoms with Gasteiger partial charge in [0.15, 0.2) is 5.75 Å². The van der Waals surface area contributed by atoms with E-state index < -0.39 is 10.1 Å². The number of hydrogen-bond acceptors (Lipinski definition) is 4. The third-order valence-electron chi connectivity index (χ3n) is 5.12. The van der Waals surface area contributed by atoms with Crippen LogP contribution in [0.5, 0.6) is 5.75 Å². The van der Waals surface area contributed by atoms with Crippen LogP contribution < -0.4 is 4.18 Å².